The minimum atomic E-state index is -3.32. The van der Waals surface area contributed by atoms with Crippen LogP contribution in [0.4, 0.5) is 0 Å². The summed E-state index contributed by atoms with van der Waals surface area (Å²) in [5.41, 5.74) is 3.69. The van der Waals surface area contributed by atoms with Crippen LogP contribution in [-0.2, 0) is 16.3 Å². The minimum absolute atomic E-state index is 0.254. The van der Waals surface area contributed by atoms with Crippen LogP contribution in [0.1, 0.15) is 11.5 Å². The number of sulfone groups is 1. The SMILES string of the molecule is COc1cc(Cc2nc3cccc(-c4cccc(S(C)(=O)=O)c4)c3o2)cc(OC)c1OC. The predicted octanol–water partition coefficient (Wildman–Crippen LogP) is 4.51. The fraction of sp³-hybridized carbons (Fsp3) is 0.208. The Kier molecular flexibility index (Phi) is 5.80. The van der Waals surface area contributed by atoms with Crippen molar-refractivity contribution in [2.45, 2.75) is 11.3 Å². The zero-order chi connectivity index (χ0) is 22.9. The highest BCUT2D eigenvalue weighted by Gasteiger charge is 2.17. The number of benzene rings is 3. The average molecular weight is 454 g/mol. The molecule has 8 heteroatoms. The van der Waals surface area contributed by atoms with E-state index in [1.54, 1.807) is 39.5 Å². The summed E-state index contributed by atoms with van der Waals surface area (Å²) in [5.74, 6) is 2.14. The molecule has 166 valence electrons. The van der Waals surface area contributed by atoms with Gasteiger partial charge in [-0.2, -0.15) is 0 Å². The molecule has 0 aliphatic rings. The van der Waals surface area contributed by atoms with Crippen molar-refractivity contribution < 1.29 is 27.0 Å². The number of oxazole rings is 1. The van der Waals surface area contributed by atoms with Crippen LogP contribution in [0.25, 0.3) is 22.2 Å². The van der Waals surface area contributed by atoms with Crippen molar-refractivity contribution in [1.82, 2.24) is 4.98 Å². The fourth-order valence-electron chi connectivity index (χ4n) is 3.60. The van der Waals surface area contributed by atoms with Crippen LogP contribution in [0, 0.1) is 0 Å². The van der Waals surface area contributed by atoms with Crippen molar-refractivity contribution in [3.05, 3.63) is 66.1 Å². The summed E-state index contributed by atoms with van der Waals surface area (Å²) < 4.78 is 46.3. The minimum Gasteiger partial charge on any atom is -0.493 e. The summed E-state index contributed by atoms with van der Waals surface area (Å²) in [7, 11) is 1.37. The second-order valence-corrected chi connectivity index (χ2v) is 9.29. The number of hydrogen-bond donors (Lipinski definition) is 0. The molecule has 0 spiro atoms. The Hall–Kier alpha value is -3.52. The molecule has 4 aromatic rings. The van der Waals surface area contributed by atoms with Crippen molar-refractivity contribution in [2.75, 3.05) is 27.6 Å². The normalized spacial score (nSPS) is 11.5. The third-order valence-electron chi connectivity index (χ3n) is 5.11. The zero-order valence-corrected chi connectivity index (χ0v) is 19.0. The lowest BCUT2D eigenvalue weighted by atomic mass is 10.1. The highest BCUT2D eigenvalue weighted by Crippen LogP contribution is 2.39. The van der Waals surface area contributed by atoms with Gasteiger partial charge in [0.25, 0.3) is 0 Å². The van der Waals surface area contributed by atoms with Gasteiger partial charge in [0.1, 0.15) is 5.52 Å². The van der Waals surface area contributed by atoms with E-state index in [2.05, 4.69) is 4.98 Å². The Morgan fingerprint density at radius 3 is 2.22 bits per heavy atom. The summed E-state index contributed by atoms with van der Waals surface area (Å²) in [5, 5.41) is 0. The van der Waals surface area contributed by atoms with Crippen LogP contribution in [0.3, 0.4) is 0 Å². The molecule has 0 N–H and O–H groups in total. The number of hydrogen-bond acceptors (Lipinski definition) is 7. The largest absolute Gasteiger partial charge is 0.493 e. The second-order valence-electron chi connectivity index (χ2n) is 7.27. The lowest BCUT2D eigenvalue weighted by Crippen LogP contribution is -1.98. The maximum Gasteiger partial charge on any atom is 0.203 e. The van der Waals surface area contributed by atoms with Gasteiger partial charge in [0, 0.05) is 18.2 Å². The monoisotopic (exact) mass is 453 g/mol. The zero-order valence-electron chi connectivity index (χ0n) is 18.2. The van der Waals surface area contributed by atoms with Crippen LogP contribution in [0.5, 0.6) is 17.2 Å². The van der Waals surface area contributed by atoms with Gasteiger partial charge in [-0.15, -0.1) is 0 Å². The Bertz CT molecular complexity index is 1370. The van der Waals surface area contributed by atoms with E-state index in [1.807, 2.05) is 36.4 Å². The van der Waals surface area contributed by atoms with Gasteiger partial charge in [0.2, 0.25) is 5.75 Å². The van der Waals surface area contributed by atoms with E-state index in [4.69, 9.17) is 18.6 Å². The second kappa shape index (κ2) is 8.55. The summed E-state index contributed by atoms with van der Waals surface area (Å²) in [6, 6.07) is 16.1. The van der Waals surface area contributed by atoms with Gasteiger partial charge < -0.3 is 18.6 Å². The molecule has 32 heavy (non-hydrogen) atoms. The molecule has 0 radical (unpaired) electrons. The summed E-state index contributed by atoms with van der Waals surface area (Å²) >= 11 is 0. The number of fused-ring (bicyclic) bond motifs is 1. The number of aromatic nitrogens is 1. The first-order valence-corrected chi connectivity index (χ1v) is 11.7. The fourth-order valence-corrected chi connectivity index (χ4v) is 4.27. The smallest absolute Gasteiger partial charge is 0.203 e. The number of ether oxygens (including phenoxy) is 3. The van der Waals surface area contributed by atoms with E-state index in [9.17, 15) is 8.42 Å². The molecule has 0 aliphatic heterocycles. The van der Waals surface area contributed by atoms with E-state index in [0.717, 1.165) is 16.7 Å². The number of rotatable bonds is 7. The van der Waals surface area contributed by atoms with Crippen molar-refractivity contribution in [3.8, 4) is 28.4 Å². The van der Waals surface area contributed by atoms with E-state index in [-0.39, 0.29) is 4.90 Å². The molecular formula is C24H23NO6S. The Labute approximate surface area is 186 Å². The first kappa shape index (κ1) is 21.7. The summed E-state index contributed by atoms with van der Waals surface area (Å²) in [6.45, 7) is 0. The van der Waals surface area contributed by atoms with Gasteiger partial charge in [-0.05, 0) is 41.5 Å². The molecule has 0 aliphatic carbocycles. The molecular weight excluding hydrogens is 430 g/mol. The molecule has 0 unspecified atom stereocenters. The first-order chi connectivity index (χ1) is 15.3. The molecule has 0 amide bonds. The van der Waals surface area contributed by atoms with Crippen molar-refractivity contribution >= 4 is 20.9 Å². The summed E-state index contributed by atoms with van der Waals surface area (Å²) in [6.07, 6.45) is 1.60. The van der Waals surface area contributed by atoms with Gasteiger partial charge in [0.05, 0.1) is 26.2 Å². The average Bonchev–Trinajstić information content (AvgIpc) is 3.20. The molecule has 0 bridgehead atoms. The van der Waals surface area contributed by atoms with Crippen molar-refractivity contribution in [3.63, 3.8) is 0 Å². The number of methoxy groups -OCH3 is 3. The quantitative estimate of drug-likeness (QED) is 0.407. The third kappa shape index (κ3) is 4.13. The van der Waals surface area contributed by atoms with E-state index in [1.165, 1.54) is 6.26 Å². The van der Waals surface area contributed by atoms with Gasteiger partial charge >= 0.3 is 0 Å². The first-order valence-electron chi connectivity index (χ1n) is 9.82. The molecule has 3 aromatic carbocycles. The standard InChI is InChI=1S/C24H23NO6S/c1-28-20-11-15(12-21(29-2)24(20)30-3)13-22-25-19-10-6-9-18(23(19)31-22)16-7-5-8-17(14-16)32(4,26)27/h5-12,14H,13H2,1-4H3. The topological polar surface area (TPSA) is 87.9 Å². The molecule has 4 rings (SSSR count). The van der Waals surface area contributed by atoms with Crippen LogP contribution in [-0.4, -0.2) is 41.0 Å². The van der Waals surface area contributed by atoms with E-state index in [0.29, 0.717) is 40.7 Å². The number of nitrogens with zero attached hydrogens (tertiary/aromatic N) is 1. The predicted molar refractivity (Wildman–Crippen MR) is 121 cm³/mol. The van der Waals surface area contributed by atoms with E-state index >= 15 is 0 Å². The van der Waals surface area contributed by atoms with Gasteiger partial charge in [0.15, 0.2) is 32.8 Å². The van der Waals surface area contributed by atoms with Crippen LogP contribution in [0.15, 0.2) is 63.9 Å². The Balaban J connectivity index is 1.75. The molecule has 1 heterocycles. The molecule has 0 fully saturated rings. The molecule has 0 saturated carbocycles. The maximum atomic E-state index is 12.0. The third-order valence-corrected chi connectivity index (χ3v) is 6.22. The van der Waals surface area contributed by atoms with Crippen molar-refractivity contribution in [2.24, 2.45) is 0 Å². The van der Waals surface area contributed by atoms with Gasteiger partial charge in [-0.25, -0.2) is 13.4 Å². The highest BCUT2D eigenvalue weighted by atomic mass is 32.2. The lowest BCUT2D eigenvalue weighted by molar-refractivity contribution is 0.324. The van der Waals surface area contributed by atoms with Crippen LogP contribution < -0.4 is 14.2 Å². The van der Waals surface area contributed by atoms with Gasteiger partial charge in [-0.1, -0.05) is 24.3 Å². The Morgan fingerprint density at radius 2 is 1.59 bits per heavy atom. The maximum absolute atomic E-state index is 12.0. The number of para-hydroxylation sites is 1. The molecule has 7 nitrogen and oxygen atoms in total. The lowest BCUT2D eigenvalue weighted by Gasteiger charge is -2.13. The van der Waals surface area contributed by atoms with Crippen molar-refractivity contribution in [1.29, 1.82) is 0 Å². The van der Waals surface area contributed by atoms with Gasteiger partial charge in [-0.3, -0.25) is 0 Å². The van der Waals surface area contributed by atoms with E-state index < -0.39 is 9.84 Å². The molecule has 1 aromatic heterocycles. The highest BCUT2D eigenvalue weighted by molar-refractivity contribution is 7.90. The van der Waals surface area contributed by atoms with Crippen LogP contribution in [0.2, 0.25) is 0 Å². The Morgan fingerprint density at radius 1 is 0.906 bits per heavy atom. The summed E-state index contributed by atoms with van der Waals surface area (Å²) in [4.78, 5) is 4.87. The molecule has 0 atom stereocenters. The van der Waals surface area contributed by atoms with Crippen LogP contribution >= 0.6 is 0 Å². The molecule has 0 saturated heterocycles.